The SMILES string of the molecule is C1=CC(=N[N-]c2ccccc2)C(=C2C=CC=C2)C=C1.[Fe+2].c1cc[cH-]c1. The van der Waals surface area contributed by atoms with Crippen LogP contribution in [0.3, 0.4) is 0 Å². The molecule has 2 aromatic carbocycles. The first-order valence-corrected chi connectivity index (χ1v) is 7.88. The molecule has 3 heteroatoms. The van der Waals surface area contributed by atoms with E-state index in [-0.39, 0.29) is 17.1 Å². The summed E-state index contributed by atoms with van der Waals surface area (Å²) in [6.07, 6.45) is 16.3. The van der Waals surface area contributed by atoms with E-state index in [0.717, 1.165) is 17.0 Å². The molecule has 0 unspecified atom stereocenters. The van der Waals surface area contributed by atoms with Gasteiger partial charge < -0.3 is 10.5 Å². The van der Waals surface area contributed by atoms with Crippen LogP contribution in [0.4, 0.5) is 5.69 Å². The van der Waals surface area contributed by atoms with E-state index in [2.05, 4.69) is 28.8 Å². The van der Waals surface area contributed by atoms with Crippen LogP contribution in [-0.2, 0) is 17.1 Å². The summed E-state index contributed by atoms with van der Waals surface area (Å²) in [5.41, 5.74) is 8.29. The molecular weight excluding hydrogens is 348 g/mol. The Bertz CT molecular complexity index is 789. The molecule has 0 atom stereocenters. The Morgan fingerprint density at radius 1 is 0.720 bits per heavy atom. The average molecular weight is 366 g/mol. The van der Waals surface area contributed by atoms with E-state index in [1.54, 1.807) is 0 Å². The van der Waals surface area contributed by atoms with Crippen molar-refractivity contribution in [2.75, 3.05) is 0 Å². The molecule has 0 saturated heterocycles. The summed E-state index contributed by atoms with van der Waals surface area (Å²) in [6, 6.07) is 19.8. The third-order valence-corrected chi connectivity index (χ3v) is 3.46. The molecule has 0 fully saturated rings. The molecule has 0 amide bonds. The van der Waals surface area contributed by atoms with Crippen LogP contribution in [0, 0.1) is 0 Å². The minimum atomic E-state index is 0. The van der Waals surface area contributed by atoms with Crippen molar-refractivity contribution in [3.63, 3.8) is 0 Å². The molecule has 0 heterocycles. The summed E-state index contributed by atoms with van der Waals surface area (Å²) in [5, 5.41) is 4.36. The van der Waals surface area contributed by atoms with E-state index in [9.17, 15) is 0 Å². The Balaban J connectivity index is 0.000000325. The van der Waals surface area contributed by atoms with Crippen molar-refractivity contribution in [1.29, 1.82) is 0 Å². The van der Waals surface area contributed by atoms with Crippen LogP contribution < -0.4 is 0 Å². The third-order valence-electron chi connectivity index (χ3n) is 3.46. The van der Waals surface area contributed by atoms with Gasteiger partial charge in [0.1, 0.15) is 0 Å². The summed E-state index contributed by atoms with van der Waals surface area (Å²) in [4.78, 5) is 0. The molecule has 124 valence electrons. The summed E-state index contributed by atoms with van der Waals surface area (Å²) in [6.45, 7) is 0. The summed E-state index contributed by atoms with van der Waals surface area (Å²) < 4.78 is 0. The van der Waals surface area contributed by atoms with Crippen molar-refractivity contribution < 1.29 is 17.1 Å². The number of rotatable bonds is 2. The first-order chi connectivity index (χ1) is 11.9. The van der Waals surface area contributed by atoms with Crippen molar-refractivity contribution in [2.24, 2.45) is 5.10 Å². The van der Waals surface area contributed by atoms with Gasteiger partial charge in [-0.05, 0) is 11.6 Å². The number of allylic oxidation sites excluding steroid dienone is 10. The van der Waals surface area contributed by atoms with Crippen LogP contribution in [0.5, 0.6) is 0 Å². The Hall–Kier alpha value is -2.74. The van der Waals surface area contributed by atoms with E-state index < -0.39 is 0 Å². The molecule has 0 radical (unpaired) electrons. The van der Waals surface area contributed by atoms with Gasteiger partial charge >= 0.3 is 17.1 Å². The fourth-order valence-electron chi connectivity index (χ4n) is 2.29. The Labute approximate surface area is 159 Å². The zero-order chi connectivity index (χ0) is 16.5. The molecular formula is C22H18FeN2. The second kappa shape index (κ2) is 10.2. The monoisotopic (exact) mass is 366 g/mol. The Morgan fingerprint density at radius 3 is 2.00 bits per heavy atom. The largest absolute Gasteiger partial charge is 2.00 e. The molecule has 4 rings (SSSR count). The minimum absolute atomic E-state index is 0. The predicted octanol–water partition coefficient (Wildman–Crippen LogP) is 6.00. The summed E-state index contributed by atoms with van der Waals surface area (Å²) in [7, 11) is 0. The van der Waals surface area contributed by atoms with Crippen LogP contribution in [0.15, 0.2) is 126 Å². The smallest absolute Gasteiger partial charge is 0.575 e. The fraction of sp³-hybridized carbons (Fsp3) is 0. The molecule has 0 aliphatic heterocycles. The van der Waals surface area contributed by atoms with Crippen LogP contribution in [-0.4, -0.2) is 5.71 Å². The van der Waals surface area contributed by atoms with Gasteiger partial charge in [-0.2, -0.15) is 18.2 Å². The van der Waals surface area contributed by atoms with Gasteiger partial charge in [0.2, 0.25) is 0 Å². The van der Waals surface area contributed by atoms with Crippen molar-refractivity contribution in [1.82, 2.24) is 0 Å². The van der Waals surface area contributed by atoms with Gasteiger partial charge in [0.15, 0.2) is 0 Å². The molecule has 0 aromatic heterocycles. The first-order valence-electron chi connectivity index (χ1n) is 7.88. The second-order valence-electron chi connectivity index (χ2n) is 5.19. The molecule has 0 saturated carbocycles. The molecule has 2 aromatic rings. The van der Waals surface area contributed by atoms with E-state index >= 15 is 0 Å². The number of hydrogen-bond donors (Lipinski definition) is 0. The first kappa shape index (κ1) is 18.6. The Kier molecular flexibility index (Phi) is 7.58. The van der Waals surface area contributed by atoms with Gasteiger partial charge in [0.05, 0.1) is 0 Å². The summed E-state index contributed by atoms with van der Waals surface area (Å²) >= 11 is 0. The van der Waals surface area contributed by atoms with Gasteiger partial charge in [0.25, 0.3) is 0 Å². The normalized spacial score (nSPS) is 15.8. The van der Waals surface area contributed by atoms with Crippen molar-refractivity contribution in [2.45, 2.75) is 0 Å². The van der Waals surface area contributed by atoms with Crippen LogP contribution in [0.25, 0.3) is 5.43 Å². The van der Waals surface area contributed by atoms with Gasteiger partial charge in [-0.1, -0.05) is 72.9 Å². The third kappa shape index (κ3) is 5.68. The quantitative estimate of drug-likeness (QED) is 0.354. The maximum atomic E-state index is 4.36. The van der Waals surface area contributed by atoms with E-state index in [1.807, 2.05) is 91.0 Å². The predicted molar refractivity (Wildman–Crippen MR) is 103 cm³/mol. The fourth-order valence-corrected chi connectivity index (χ4v) is 2.29. The standard InChI is InChI=1S/C17H13N2.C5H5.Fe/c1-2-10-15(11-3-1)18-19-17-13-7-6-12-16(17)14-8-4-5-9-14;1-2-4-5-3-1;/h1-13H;1-5H;/q2*-1;+2. The molecule has 0 N–H and O–H groups in total. The molecule has 0 spiro atoms. The average Bonchev–Trinajstić information content (AvgIpc) is 3.37. The second-order valence-corrected chi connectivity index (χ2v) is 5.19. The molecule has 2 aliphatic carbocycles. The minimum Gasteiger partial charge on any atom is -0.575 e. The molecule has 2 nitrogen and oxygen atoms in total. The molecule has 25 heavy (non-hydrogen) atoms. The topological polar surface area (TPSA) is 26.5 Å². The number of nitrogens with zero attached hydrogens (tertiary/aromatic N) is 2. The van der Waals surface area contributed by atoms with E-state index in [0.29, 0.717) is 0 Å². The van der Waals surface area contributed by atoms with Gasteiger partial charge in [-0.25, -0.2) is 12.1 Å². The van der Waals surface area contributed by atoms with Crippen LogP contribution in [0.2, 0.25) is 0 Å². The van der Waals surface area contributed by atoms with Crippen molar-refractivity contribution in [3.8, 4) is 0 Å². The summed E-state index contributed by atoms with van der Waals surface area (Å²) in [5.74, 6) is 0. The maximum Gasteiger partial charge on any atom is 2.00 e. The maximum absolute atomic E-state index is 4.36. The van der Waals surface area contributed by atoms with Gasteiger partial charge in [-0.3, -0.25) is 0 Å². The van der Waals surface area contributed by atoms with Gasteiger partial charge in [0, 0.05) is 11.3 Å². The molecule has 2 aliphatic rings. The molecule has 0 bridgehead atoms. The van der Waals surface area contributed by atoms with E-state index in [1.165, 1.54) is 5.57 Å². The van der Waals surface area contributed by atoms with Gasteiger partial charge in [-0.15, -0.1) is 5.69 Å². The van der Waals surface area contributed by atoms with Crippen LogP contribution in [0.1, 0.15) is 0 Å². The Morgan fingerprint density at radius 2 is 1.36 bits per heavy atom. The number of hydrogen-bond acceptors (Lipinski definition) is 1. The van der Waals surface area contributed by atoms with Crippen LogP contribution >= 0.6 is 0 Å². The van der Waals surface area contributed by atoms with Crippen molar-refractivity contribution >= 4 is 11.4 Å². The number of benzene rings is 1. The van der Waals surface area contributed by atoms with Crippen molar-refractivity contribution in [3.05, 3.63) is 126 Å². The zero-order valence-corrected chi connectivity index (χ0v) is 14.7. The van der Waals surface area contributed by atoms with E-state index in [4.69, 9.17) is 0 Å². The zero-order valence-electron chi connectivity index (χ0n) is 13.6.